The number of imidazole rings is 1. The van der Waals surface area contributed by atoms with Crippen LogP contribution in [-0.2, 0) is 18.3 Å². The van der Waals surface area contributed by atoms with E-state index in [4.69, 9.17) is 0 Å². The van der Waals surface area contributed by atoms with Gasteiger partial charge in [-0.05, 0) is 43.8 Å². The first-order valence-electron chi connectivity index (χ1n) is 8.75. The Balaban J connectivity index is 1.64. The minimum atomic E-state index is 0.00116. The summed E-state index contributed by atoms with van der Waals surface area (Å²) in [5.74, 6) is 1.22. The lowest BCUT2D eigenvalue weighted by Crippen LogP contribution is -2.32. The van der Waals surface area contributed by atoms with Crippen LogP contribution >= 0.6 is 0 Å². The van der Waals surface area contributed by atoms with Crippen LogP contribution in [0.2, 0.25) is 0 Å². The lowest BCUT2D eigenvalue weighted by molar-refractivity contribution is -0.120. The van der Waals surface area contributed by atoms with E-state index in [0.29, 0.717) is 6.42 Å². The van der Waals surface area contributed by atoms with Crippen LogP contribution in [0.4, 0.5) is 0 Å². The number of carbonyl (C=O) groups is 1. The van der Waals surface area contributed by atoms with Gasteiger partial charge in [-0.1, -0.05) is 12.1 Å². The maximum absolute atomic E-state index is 12.4. The van der Waals surface area contributed by atoms with Gasteiger partial charge in [-0.3, -0.25) is 9.78 Å². The predicted octanol–water partition coefficient (Wildman–Crippen LogP) is 2.81. The Morgan fingerprint density at radius 3 is 2.84 bits per heavy atom. The molecule has 1 atom stereocenters. The number of rotatable bonds is 4. The molecule has 5 nitrogen and oxygen atoms in total. The Labute approximate surface area is 147 Å². The molecular weight excluding hydrogens is 312 g/mol. The lowest BCUT2D eigenvalue weighted by atomic mass is 10.0. The summed E-state index contributed by atoms with van der Waals surface area (Å²) in [4.78, 5) is 21.2. The molecule has 1 aliphatic rings. The van der Waals surface area contributed by atoms with Crippen molar-refractivity contribution < 1.29 is 4.79 Å². The van der Waals surface area contributed by atoms with E-state index in [1.54, 1.807) is 0 Å². The van der Waals surface area contributed by atoms with E-state index in [0.717, 1.165) is 52.9 Å². The number of aryl methyl sites for hydroxylation is 1. The molecule has 1 aromatic carbocycles. The third-order valence-corrected chi connectivity index (χ3v) is 5.10. The molecular formula is C20H22N4O. The Hall–Kier alpha value is -2.53. The molecule has 0 bridgehead atoms. The number of Topliss-reactive ketones (excluding diaryl/α,β-unsaturated/α-hetero) is 1. The van der Waals surface area contributed by atoms with Gasteiger partial charge < -0.3 is 9.88 Å². The van der Waals surface area contributed by atoms with Crippen molar-refractivity contribution in [3.8, 4) is 11.3 Å². The Kier molecular flexibility index (Phi) is 4.09. The number of benzene rings is 1. The molecule has 1 fully saturated rings. The molecule has 0 radical (unpaired) electrons. The fourth-order valence-corrected chi connectivity index (χ4v) is 3.47. The number of hydrogen-bond acceptors (Lipinski definition) is 4. The molecule has 0 aliphatic carbocycles. The summed E-state index contributed by atoms with van der Waals surface area (Å²) in [6, 6.07) is 8.35. The second kappa shape index (κ2) is 6.41. The van der Waals surface area contributed by atoms with Crippen LogP contribution in [0.25, 0.3) is 22.0 Å². The third-order valence-electron chi connectivity index (χ3n) is 5.10. The zero-order valence-electron chi connectivity index (χ0n) is 14.6. The van der Waals surface area contributed by atoms with E-state index in [1.807, 2.05) is 32.4 Å². The Morgan fingerprint density at radius 1 is 1.24 bits per heavy atom. The minimum absolute atomic E-state index is 0.00116. The monoisotopic (exact) mass is 334 g/mol. The van der Waals surface area contributed by atoms with Crippen molar-refractivity contribution >= 4 is 16.6 Å². The quantitative estimate of drug-likeness (QED) is 0.797. The van der Waals surface area contributed by atoms with Gasteiger partial charge in [0.25, 0.3) is 0 Å². The average molecular weight is 334 g/mol. The number of ketones is 1. The number of fused-ring (bicyclic) bond motifs is 1. The highest BCUT2D eigenvalue weighted by molar-refractivity contribution is 5.89. The summed E-state index contributed by atoms with van der Waals surface area (Å²) in [5, 5.41) is 5.45. The first-order chi connectivity index (χ1) is 12.1. The summed E-state index contributed by atoms with van der Waals surface area (Å²) in [6.45, 7) is 2.93. The maximum Gasteiger partial charge on any atom is 0.155 e. The number of nitrogens with one attached hydrogen (secondary N) is 1. The topological polar surface area (TPSA) is 59.8 Å². The molecule has 3 heterocycles. The highest BCUT2D eigenvalue weighted by atomic mass is 16.1. The van der Waals surface area contributed by atoms with Crippen molar-refractivity contribution in [3.05, 3.63) is 48.2 Å². The van der Waals surface area contributed by atoms with Gasteiger partial charge in [-0.25, -0.2) is 4.98 Å². The molecule has 2 aromatic heterocycles. The minimum Gasteiger partial charge on any atom is -0.331 e. The van der Waals surface area contributed by atoms with Gasteiger partial charge in [0.15, 0.2) is 5.78 Å². The van der Waals surface area contributed by atoms with Gasteiger partial charge in [0.2, 0.25) is 0 Å². The number of hydrogen-bond donors (Lipinski definition) is 1. The highest BCUT2D eigenvalue weighted by Gasteiger charge is 2.22. The second-order valence-electron chi connectivity index (χ2n) is 6.78. The van der Waals surface area contributed by atoms with Crippen molar-refractivity contribution in [3.63, 3.8) is 0 Å². The largest absolute Gasteiger partial charge is 0.331 e. The maximum atomic E-state index is 12.4. The Bertz CT molecular complexity index is 938. The lowest BCUT2D eigenvalue weighted by Gasteiger charge is -2.10. The molecule has 0 amide bonds. The van der Waals surface area contributed by atoms with Crippen LogP contribution in [0.5, 0.6) is 0 Å². The van der Waals surface area contributed by atoms with E-state index in [-0.39, 0.29) is 11.8 Å². The first kappa shape index (κ1) is 16.0. The van der Waals surface area contributed by atoms with Crippen LogP contribution in [0, 0.1) is 6.92 Å². The molecule has 4 rings (SSSR count). The molecule has 1 saturated heterocycles. The van der Waals surface area contributed by atoms with E-state index < -0.39 is 0 Å². The molecule has 0 spiro atoms. The third kappa shape index (κ3) is 3.07. The van der Waals surface area contributed by atoms with Crippen molar-refractivity contribution in [1.29, 1.82) is 0 Å². The van der Waals surface area contributed by atoms with Crippen LogP contribution in [0.3, 0.4) is 0 Å². The summed E-state index contributed by atoms with van der Waals surface area (Å²) < 4.78 is 2.08. The van der Waals surface area contributed by atoms with Gasteiger partial charge >= 0.3 is 0 Å². The SMILES string of the molecule is Cc1ncc(-c2ccc3cnc(CC(=O)[C@H]4CCCN4)cc3c2)n1C. The molecule has 1 aliphatic heterocycles. The molecule has 128 valence electrons. The molecule has 0 saturated carbocycles. The van der Waals surface area contributed by atoms with Gasteiger partial charge in [-0.15, -0.1) is 0 Å². The number of aromatic nitrogens is 3. The number of carbonyl (C=O) groups excluding carboxylic acids is 1. The normalized spacial score (nSPS) is 17.3. The number of pyridine rings is 1. The smallest absolute Gasteiger partial charge is 0.155 e. The highest BCUT2D eigenvalue weighted by Crippen LogP contribution is 2.25. The Morgan fingerprint density at radius 2 is 2.12 bits per heavy atom. The van der Waals surface area contributed by atoms with Gasteiger partial charge in [0, 0.05) is 29.9 Å². The number of nitrogens with zero attached hydrogens (tertiary/aromatic N) is 3. The molecule has 25 heavy (non-hydrogen) atoms. The fraction of sp³-hybridized carbons (Fsp3) is 0.350. The second-order valence-corrected chi connectivity index (χ2v) is 6.78. The summed E-state index contributed by atoms with van der Waals surface area (Å²) in [5.41, 5.74) is 3.05. The summed E-state index contributed by atoms with van der Waals surface area (Å²) in [6.07, 6.45) is 6.17. The van der Waals surface area contributed by atoms with Crippen LogP contribution < -0.4 is 5.32 Å². The van der Waals surface area contributed by atoms with Crippen molar-refractivity contribution in [2.75, 3.05) is 6.54 Å². The van der Waals surface area contributed by atoms with Crippen LogP contribution in [0.15, 0.2) is 36.7 Å². The molecule has 0 unspecified atom stereocenters. The molecule has 1 N–H and O–H groups in total. The van der Waals surface area contributed by atoms with Crippen molar-refractivity contribution in [2.24, 2.45) is 7.05 Å². The van der Waals surface area contributed by atoms with Crippen molar-refractivity contribution in [1.82, 2.24) is 19.9 Å². The predicted molar refractivity (Wildman–Crippen MR) is 98.4 cm³/mol. The molecule has 5 heteroatoms. The van der Waals surface area contributed by atoms with Gasteiger partial charge in [-0.2, -0.15) is 0 Å². The van der Waals surface area contributed by atoms with Gasteiger partial charge in [0.05, 0.1) is 24.4 Å². The molecule has 3 aromatic rings. The fourth-order valence-electron chi connectivity index (χ4n) is 3.47. The van der Waals surface area contributed by atoms with Gasteiger partial charge in [0.1, 0.15) is 5.82 Å². The standard InChI is InChI=1S/C20H22N4O/c1-13-22-12-19(24(13)2)14-5-6-15-11-23-17(9-16(15)8-14)10-20(25)18-4-3-7-21-18/h5-6,8-9,11-12,18,21H,3-4,7,10H2,1-2H3/t18-/m1/s1. The van der Waals surface area contributed by atoms with Crippen molar-refractivity contribution in [2.45, 2.75) is 32.2 Å². The van der Waals surface area contributed by atoms with E-state index in [2.05, 4.69) is 38.1 Å². The van der Waals surface area contributed by atoms with Crippen LogP contribution in [0.1, 0.15) is 24.4 Å². The van der Waals surface area contributed by atoms with E-state index in [9.17, 15) is 4.79 Å². The van der Waals surface area contributed by atoms with E-state index in [1.165, 1.54) is 0 Å². The first-order valence-corrected chi connectivity index (χ1v) is 8.75. The zero-order valence-corrected chi connectivity index (χ0v) is 14.6. The average Bonchev–Trinajstić information content (AvgIpc) is 3.26. The zero-order chi connectivity index (χ0) is 17.4. The van der Waals surface area contributed by atoms with Crippen LogP contribution in [-0.4, -0.2) is 32.9 Å². The van der Waals surface area contributed by atoms with E-state index >= 15 is 0 Å². The summed E-state index contributed by atoms with van der Waals surface area (Å²) in [7, 11) is 2.02. The summed E-state index contributed by atoms with van der Waals surface area (Å²) >= 11 is 0.